The third kappa shape index (κ3) is 3.36. The van der Waals surface area contributed by atoms with Gasteiger partial charge in [0.1, 0.15) is 0 Å². The highest BCUT2D eigenvalue weighted by atomic mass is 16.5. The van der Waals surface area contributed by atoms with Crippen LogP contribution in [0.25, 0.3) is 5.69 Å². The lowest BCUT2D eigenvalue weighted by Crippen LogP contribution is -2.48. The first-order valence-corrected chi connectivity index (χ1v) is 8.49. The first-order chi connectivity index (χ1) is 11.5. The molecule has 1 fully saturated rings. The van der Waals surface area contributed by atoms with Crippen LogP contribution in [0.3, 0.4) is 0 Å². The van der Waals surface area contributed by atoms with Gasteiger partial charge in [0.05, 0.1) is 30.0 Å². The Balaban J connectivity index is 1.80. The molecule has 0 bridgehead atoms. The van der Waals surface area contributed by atoms with Crippen molar-refractivity contribution in [1.82, 2.24) is 14.7 Å². The minimum Gasteiger partial charge on any atom is -0.372 e. The number of para-hydroxylation sites is 1. The maximum atomic E-state index is 12.7. The molecule has 0 aliphatic carbocycles. The monoisotopic (exact) mass is 327 g/mol. The Morgan fingerprint density at radius 3 is 2.42 bits per heavy atom. The summed E-state index contributed by atoms with van der Waals surface area (Å²) in [6, 6.07) is 10.0. The van der Waals surface area contributed by atoms with Crippen LogP contribution in [0.5, 0.6) is 0 Å². The smallest absolute Gasteiger partial charge is 0.227 e. The number of benzene rings is 1. The van der Waals surface area contributed by atoms with E-state index in [9.17, 15) is 4.79 Å². The van der Waals surface area contributed by atoms with Crippen LogP contribution < -0.4 is 0 Å². The van der Waals surface area contributed by atoms with Gasteiger partial charge in [0.15, 0.2) is 0 Å². The van der Waals surface area contributed by atoms with Crippen LogP contribution in [0.1, 0.15) is 30.8 Å². The first kappa shape index (κ1) is 16.7. The summed E-state index contributed by atoms with van der Waals surface area (Å²) in [7, 11) is 0. The fourth-order valence-electron chi connectivity index (χ4n) is 3.40. The number of carbonyl (C=O) groups is 1. The van der Waals surface area contributed by atoms with Crippen molar-refractivity contribution < 1.29 is 9.53 Å². The summed E-state index contributed by atoms with van der Waals surface area (Å²) in [5.74, 6) is 0.149. The lowest BCUT2D eigenvalue weighted by Gasteiger charge is -2.35. The van der Waals surface area contributed by atoms with Crippen LogP contribution >= 0.6 is 0 Å². The van der Waals surface area contributed by atoms with E-state index in [0.717, 1.165) is 22.6 Å². The molecule has 0 spiro atoms. The van der Waals surface area contributed by atoms with Crippen molar-refractivity contribution in [3.63, 3.8) is 0 Å². The summed E-state index contributed by atoms with van der Waals surface area (Å²) in [4.78, 5) is 14.7. The molecule has 0 saturated carbocycles. The van der Waals surface area contributed by atoms with E-state index in [1.54, 1.807) is 0 Å². The number of aryl methyl sites for hydroxylation is 1. The number of rotatable bonds is 3. The number of hydrogen-bond acceptors (Lipinski definition) is 3. The highest BCUT2D eigenvalue weighted by Crippen LogP contribution is 2.20. The Morgan fingerprint density at radius 1 is 1.17 bits per heavy atom. The number of hydrogen-bond donors (Lipinski definition) is 0. The quantitative estimate of drug-likeness (QED) is 0.871. The molecular formula is C19H25N3O2. The van der Waals surface area contributed by atoms with E-state index in [1.807, 2.05) is 67.6 Å². The second-order valence-corrected chi connectivity index (χ2v) is 6.63. The molecule has 0 N–H and O–H groups in total. The number of carbonyl (C=O) groups excluding carboxylic acids is 1. The number of morpholine rings is 1. The zero-order valence-electron chi connectivity index (χ0n) is 14.8. The van der Waals surface area contributed by atoms with Crippen molar-refractivity contribution in [2.45, 2.75) is 46.3 Å². The highest BCUT2D eigenvalue weighted by molar-refractivity contribution is 5.79. The molecule has 1 aromatic carbocycles. The number of nitrogens with zero attached hydrogens (tertiary/aromatic N) is 3. The largest absolute Gasteiger partial charge is 0.372 e. The second-order valence-electron chi connectivity index (χ2n) is 6.63. The van der Waals surface area contributed by atoms with Gasteiger partial charge in [-0.05, 0) is 39.8 Å². The third-order valence-electron chi connectivity index (χ3n) is 4.54. The minimum absolute atomic E-state index is 0.0898. The molecule has 24 heavy (non-hydrogen) atoms. The fourth-order valence-corrected chi connectivity index (χ4v) is 3.40. The Labute approximate surface area is 143 Å². The average Bonchev–Trinajstić information content (AvgIpc) is 2.83. The van der Waals surface area contributed by atoms with Gasteiger partial charge in [-0.3, -0.25) is 4.79 Å². The molecule has 5 heteroatoms. The summed E-state index contributed by atoms with van der Waals surface area (Å²) >= 11 is 0. The number of aromatic nitrogens is 2. The summed E-state index contributed by atoms with van der Waals surface area (Å²) in [6.45, 7) is 9.35. The summed E-state index contributed by atoms with van der Waals surface area (Å²) in [5, 5.41) is 4.63. The molecule has 2 atom stereocenters. The molecule has 1 aliphatic heterocycles. The number of amides is 1. The van der Waals surface area contributed by atoms with Gasteiger partial charge in [-0.15, -0.1) is 0 Å². The average molecular weight is 327 g/mol. The van der Waals surface area contributed by atoms with E-state index < -0.39 is 0 Å². The Kier molecular flexibility index (Phi) is 4.71. The molecule has 2 aromatic rings. The third-order valence-corrected chi connectivity index (χ3v) is 4.54. The maximum absolute atomic E-state index is 12.7. The van der Waals surface area contributed by atoms with E-state index in [1.165, 1.54) is 0 Å². The summed E-state index contributed by atoms with van der Waals surface area (Å²) in [6.07, 6.45) is 0.572. The maximum Gasteiger partial charge on any atom is 0.227 e. The van der Waals surface area contributed by atoms with Crippen molar-refractivity contribution >= 4 is 5.91 Å². The normalized spacial score (nSPS) is 21.1. The van der Waals surface area contributed by atoms with E-state index in [0.29, 0.717) is 19.5 Å². The minimum atomic E-state index is 0.0898. The van der Waals surface area contributed by atoms with E-state index in [2.05, 4.69) is 5.10 Å². The van der Waals surface area contributed by atoms with Crippen molar-refractivity contribution in [3.8, 4) is 5.69 Å². The van der Waals surface area contributed by atoms with Crippen LogP contribution in [0.4, 0.5) is 0 Å². The molecule has 1 aliphatic rings. The van der Waals surface area contributed by atoms with Crippen LogP contribution in [-0.2, 0) is 16.0 Å². The number of ether oxygens (including phenoxy) is 1. The van der Waals surface area contributed by atoms with E-state index in [-0.39, 0.29) is 18.1 Å². The molecular weight excluding hydrogens is 302 g/mol. The van der Waals surface area contributed by atoms with Gasteiger partial charge in [0.2, 0.25) is 5.91 Å². The molecule has 0 radical (unpaired) electrons. The first-order valence-electron chi connectivity index (χ1n) is 8.49. The van der Waals surface area contributed by atoms with Crippen LogP contribution in [0, 0.1) is 13.8 Å². The summed E-state index contributed by atoms with van der Waals surface area (Å²) in [5.41, 5.74) is 3.99. The van der Waals surface area contributed by atoms with Crippen LogP contribution in [0.15, 0.2) is 30.3 Å². The van der Waals surface area contributed by atoms with E-state index >= 15 is 0 Å². The van der Waals surface area contributed by atoms with Crippen LogP contribution in [0.2, 0.25) is 0 Å². The molecule has 1 amide bonds. The van der Waals surface area contributed by atoms with Crippen molar-refractivity contribution in [2.24, 2.45) is 0 Å². The van der Waals surface area contributed by atoms with Gasteiger partial charge < -0.3 is 9.64 Å². The molecule has 1 aromatic heterocycles. The molecule has 3 rings (SSSR count). The second kappa shape index (κ2) is 6.77. The predicted octanol–water partition coefficient (Wildman–Crippen LogP) is 2.67. The van der Waals surface area contributed by atoms with Crippen molar-refractivity contribution in [1.29, 1.82) is 0 Å². The molecule has 5 nitrogen and oxygen atoms in total. The standard InChI is InChI=1S/C19H25N3O2/c1-13-11-21(12-14(2)24-13)19(23)10-18-15(3)20-22(16(18)4)17-8-6-5-7-9-17/h5-9,13-14H,10-12H2,1-4H3/t13-,14-/m1/s1. The molecule has 0 unspecified atom stereocenters. The molecule has 2 heterocycles. The van der Waals surface area contributed by atoms with Gasteiger partial charge in [-0.1, -0.05) is 18.2 Å². The zero-order valence-corrected chi connectivity index (χ0v) is 14.8. The van der Waals surface area contributed by atoms with Gasteiger partial charge in [0, 0.05) is 24.3 Å². The lowest BCUT2D eigenvalue weighted by molar-refractivity contribution is -0.142. The van der Waals surface area contributed by atoms with Crippen molar-refractivity contribution in [2.75, 3.05) is 13.1 Å². The summed E-state index contributed by atoms with van der Waals surface area (Å²) < 4.78 is 7.63. The van der Waals surface area contributed by atoms with Crippen LogP contribution in [-0.4, -0.2) is 45.9 Å². The van der Waals surface area contributed by atoms with Gasteiger partial charge in [-0.25, -0.2) is 4.68 Å². The Bertz CT molecular complexity index is 714. The molecule has 128 valence electrons. The highest BCUT2D eigenvalue weighted by Gasteiger charge is 2.27. The van der Waals surface area contributed by atoms with Gasteiger partial charge in [0.25, 0.3) is 0 Å². The Hall–Kier alpha value is -2.14. The Morgan fingerprint density at radius 2 is 1.79 bits per heavy atom. The van der Waals surface area contributed by atoms with Crippen molar-refractivity contribution in [3.05, 3.63) is 47.3 Å². The van der Waals surface area contributed by atoms with E-state index in [4.69, 9.17) is 4.74 Å². The fraction of sp³-hybridized carbons (Fsp3) is 0.474. The molecule has 1 saturated heterocycles. The van der Waals surface area contributed by atoms with Gasteiger partial charge in [-0.2, -0.15) is 5.10 Å². The lowest BCUT2D eigenvalue weighted by atomic mass is 10.1. The SMILES string of the molecule is Cc1nn(-c2ccccc2)c(C)c1CC(=O)N1C[C@@H](C)O[C@H](C)C1. The zero-order chi connectivity index (χ0) is 17.3. The predicted molar refractivity (Wildman–Crippen MR) is 93.3 cm³/mol. The van der Waals surface area contributed by atoms with Gasteiger partial charge >= 0.3 is 0 Å². The topological polar surface area (TPSA) is 47.4 Å².